The van der Waals surface area contributed by atoms with E-state index in [0.29, 0.717) is 5.92 Å². The molecule has 0 aromatic carbocycles. The Kier molecular flexibility index (Phi) is 2.54. The van der Waals surface area contributed by atoms with Gasteiger partial charge in [-0.2, -0.15) is 0 Å². The number of hydrogen-bond acceptors (Lipinski definition) is 3. The Hall–Kier alpha value is -0.960. The summed E-state index contributed by atoms with van der Waals surface area (Å²) in [6.45, 7) is 4.20. The fraction of sp³-hybridized carbons (Fsp3) is 0.600. The van der Waals surface area contributed by atoms with Crippen molar-refractivity contribution in [2.45, 2.75) is 25.7 Å². The molecule has 0 saturated carbocycles. The molecule has 13 heavy (non-hydrogen) atoms. The van der Waals surface area contributed by atoms with Crippen molar-refractivity contribution >= 4 is 0 Å². The third-order valence-corrected chi connectivity index (χ3v) is 2.49. The molecule has 3 nitrogen and oxygen atoms in total. The van der Waals surface area contributed by atoms with E-state index in [4.69, 9.17) is 0 Å². The second kappa shape index (κ2) is 3.83. The minimum absolute atomic E-state index is 0.571. The van der Waals surface area contributed by atoms with Gasteiger partial charge in [0.25, 0.3) is 0 Å². The molecule has 0 bridgehead atoms. The Bertz CT molecular complexity index is 279. The molecule has 0 aliphatic carbocycles. The maximum Gasteiger partial charge on any atom is 0.0633 e. The van der Waals surface area contributed by atoms with Gasteiger partial charge in [0.1, 0.15) is 0 Å². The molecular formula is C10H15N3. The van der Waals surface area contributed by atoms with E-state index in [1.807, 2.05) is 13.1 Å². The first-order valence-corrected chi connectivity index (χ1v) is 4.85. The van der Waals surface area contributed by atoms with Crippen LogP contribution in [0.3, 0.4) is 0 Å². The lowest BCUT2D eigenvalue weighted by atomic mass is 9.96. The van der Waals surface area contributed by atoms with E-state index in [1.54, 1.807) is 6.20 Å². The van der Waals surface area contributed by atoms with Crippen LogP contribution < -0.4 is 5.32 Å². The van der Waals surface area contributed by atoms with Crippen molar-refractivity contribution in [2.75, 3.05) is 13.1 Å². The van der Waals surface area contributed by atoms with Crippen LogP contribution in [0.15, 0.2) is 12.4 Å². The van der Waals surface area contributed by atoms with Gasteiger partial charge in [-0.15, -0.1) is 0 Å². The smallest absolute Gasteiger partial charge is 0.0633 e. The molecule has 2 rings (SSSR count). The van der Waals surface area contributed by atoms with E-state index in [2.05, 4.69) is 15.3 Å². The van der Waals surface area contributed by atoms with Crippen molar-refractivity contribution < 1.29 is 0 Å². The van der Waals surface area contributed by atoms with E-state index in [9.17, 15) is 0 Å². The normalized spacial score (nSPS) is 23.0. The Morgan fingerprint density at radius 2 is 2.38 bits per heavy atom. The number of aryl methyl sites for hydroxylation is 1. The SMILES string of the molecule is Cc1cncc([C@H]2CCCNC2)n1. The van der Waals surface area contributed by atoms with Crippen LogP contribution >= 0.6 is 0 Å². The van der Waals surface area contributed by atoms with Crippen molar-refractivity contribution in [1.82, 2.24) is 15.3 Å². The molecule has 0 amide bonds. The highest BCUT2D eigenvalue weighted by Crippen LogP contribution is 2.20. The molecule has 1 aliphatic rings. The summed E-state index contributed by atoms with van der Waals surface area (Å²) in [6.07, 6.45) is 6.19. The standard InChI is InChI=1S/C10H15N3/c1-8-5-12-7-10(13-8)9-3-2-4-11-6-9/h5,7,9,11H,2-4,6H2,1H3/t9-/m0/s1. The van der Waals surface area contributed by atoms with Gasteiger partial charge in [0, 0.05) is 24.9 Å². The predicted octanol–water partition coefficient (Wildman–Crippen LogP) is 1.25. The van der Waals surface area contributed by atoms with Gasteiger partial charge in [0.05, 0.1) is 11.4 Å². The number of nitrogens with one attached hydrogen (secondary N) is 1. The molecule has 1 aromatic heterocycles. The average molecular weight is 177 g/mol. The van der Waals surface area contributed by atoms with Gasteiger partial charge in [-0.3, -0.25) is 9.97 Å². The first-order valence-electron chi connectivity index (χ1n) is 4.85. The molecule has 70 valence electrons. The number of hydrogen-bond donors (Lipinski definition) is 1. The number of rotatable bonds is 1. The molecule has 1 aromatic rings. The summed E-state index contributed by atoms with van der Waals surface area (Å²) in [6, 6.07) is 0. The van der Waals surface area contributed by atoms with Crippen molar-refractivity contribution in [3.05, 3.63) is 23.8 Å². The maximum atomic E-state index is 4.49. The highest BCUT2D eigenvalue weighted by molar-refractivity contribution is 5.08. The summed E-state index contributed by atoms with van der Waals surface area (Å²) in [5.41, 5.74) is 2.16. The van der Waals surface area contributed by atoms with Crippen LogP contribution in [0.4, 0.5) is 0 Å². The number of piperidine rings is 1. The van der Waals surface area contributed by atoms with Crippen LogP contribution in [0.2, 0.25) is 0 Å². The molecular weight excluding hydrogens is 162 g/mol. The second-order valence-electron chi connectivity index (χ2n) is 3.63. The molecule has 0 spiro atoms. The Balaban J connectivity index is 2.14. The zero-order valence-corrected chi connectivity index (χ0v) is 7.95. The summed E-state index contributed by atoms with van der Waals surface area (Å²) in [4.78, 5) is 8.66. The third kappa shape index (κ3) is 2.04. The Morgan fingerprint density at radius 3 is 3.08 bits per heavy atom. The lowest BCUT2D eigenvalue weighted by Crippen LogP contribution is -2.28. The monoisotopic (exact) mass is 177 g/mol. The van der Waals surface area contributed by atoms with Gasteiger partial charge in [0.15, 0.2) is 0 Å². The summed E-state index contributed by atoms with van der Waals surface area (Å²) < 4.78 is 0. The van der Waals surface area contributed by atoms with Crippen molar-refractivity contribution in [3.63, 3.8) is 0 Å². The fourth-order valence-corrected chi connectivity index (χ4v) is 1.78. The van der Waals surface area contributed by atoms with Gasteiger partial charge in [0.2, 0.25) is 0 Å². The summed E-state index contributed by atoms with van der Waals surface area (Å²) in [5.74, 6) is 0.571. The highest BCUT2D eigenvalue weighted by Gasteiger charge is 2.16. The maximum absolute atomic E-state index is 4.49. The van der Waals surface area contributed by atoms with E-state index >= 15 is 0 Å². The van der Waals surface area contributed by atoms with Crippen LogP contribution in [0, 0.1) is 6.92 Å². The predicted molar refractivity (Wildman–Crippen MR) is 51.6 cm³/mol. The van der Waals surface area contributed by atoms with Crippen LogP contribution in [0.5, 0.6) is 0 Å². The number of nitrogens with zero attached hydrogens (tertiary/aromatic N) is 2. The topological polar surface area (TPSA) is 37.8 Å². The molecule has 3 heteroatoms. The van der Waals surface area contributed by atoms with Gasteiger partial charge >= 0.3 is 0 Å². The largest absolute Gasteiger partial charge is 0.316 e. The summed E-state index contributed by atoms with van der Waals surface area (Å²) in [7, 11) is 0. The lowest BCUT2D eigenvalue weighted by Gasteiger charge is -2.21. The molecule has 1 aliphatic heterocycles. The van der Waals surface area contributed by atoms with Gasteiger partial charge in [-0.25, -0.2) is 0 Å². The average Bonchev–Trinajstić information content (AvgIpc) is 2.19. The van der Waals surface area contributed by atoms with Crippen LogP contribution in [-0.2, 0) is 0 Å². The Morgan fingerprint density at radius 1 is 1.46 bits per heavy atom. The van der Waals surface area contributed by atoms with E-state index in [0.717, 1.165) is 24.5 Å². The number of aromatic nitrogens is 2. The fourth-order valence-electron chi connectivity index (χ4n) is 1.78. The van der Waals surface area contributed by atoms with Crippen LogP contribution in [0.1, 0.15) is 30.1 Å². The second-order valence-corrected chi connectivity index (χ2v) is 3.63. The van der Waals surface area contributed by atoms with Gasteiger partial charge in [-0.05, 0) is 26.3 Å². The minimum Gasteiger partial charge on any atom is -0.316 e. The molecule has 1 fully saturated rings. The summed E-state index contributed by atoms with van der Waals surface area (Å²) >= 11 is 0. The summed E-state index contributed by atoms with van der Waals surface area (Å²) in [5, 5.41) is 3.38. The van der Waals surface area contributed by atoms with E-state index in [-0.39, 0.29) is 0 Å². The van der Waals surface area contributed by atoms with Gasteiger partial charge in [-0.1, -0.05) is 0 Å². The zero-order valence-electron chi connectivity index (χ0n) is 7.95. The van der Waals surface area contributed by atoms with Crippen molar-refractivity contribution in [1.29, 1.82) is 0 Å². The lowest BCUT2D eigenvalue weighted by molar-refractivity contribution is 0.453. The van der Waals surface area contributed by atoms with E-state index < -0.39 is 0 Å². The molecule has 1 atom stereocenters. The Labute approximate surface area is 78.6 Å². The highest BCUT2D eigenvalue weighted by atomic mass is 14.9. The van der Waals surface area contributed by atoms with Crippen LogP contribution in [-0.4, -0.2) is 23.1 Å². The first-order chi connectivity index (χ1) is 6.36. The molecule has 0 radical (unpaired) electrons. The molecule has 0 unspecified atom stereocenters. The van der Waals surface area contributed by atoms with E-state index in [1.165, 1.54) is 12.8 Å². The van der Waals surface area contributed by atoms with Crippen molar-refractivity contribution in [3.8, 4) is 0 Å². The van der Waals surface area contributed by atoms with Crippen LogP contribution in [0.25, 0.3) is 0 Å². The minimum atomic E-state index is 0.571. The third-order valence-electron chi connectivity index (χ3n) is 2.49. The molecule has 1 saturated heterocycles. The zero-order chi connectivity index (χ0) is 9.10. The van der Waals surface area contributed by atoms with Gasteiger partial charge < -0.3 is 5.32 Å². The molecule has 2 heterocycles. The van der Waals surface area contributed by atoms with Crippen molar-refractivity contribution in [2.24, 2.45) is 0 Å². The first kappa shape index (κ1) is 8.63. The molecule has 1 N–H and O–H groups in total. The quantitative estimate of drug-likeness (QED) is 0.701.